The molecule has 0 saturated heterocycles. The molecule has 6 nitrogen and oxygen atoms in total. The van der Waals surface area contributed by atoms with Gasteiger partial charge in [-0.2, -0.15) is 0 Å². The standard InChI is InChI=1S/C17H21N3O3/c1-20(2)15(12-5-4-6-14(9-12)23-3)11-19-17(22)13-7-8-16(21)18-10-13/h4-10,15H,11H2,1-3H3,(H,18,21)(H,19,22). The number of aromatic nitrogens is 1. The fourth-order valence-electron chi connectivity index (χ4n) is 2.29. The minimum Gasteiger partial charge on any atom is -0.497 e. The van der Waals surface area contributed by atoms with Crippen LogP contribution in [0.5, 0.6) is 5.75 Å². The molecular formula is C17H21N3O3. The van der Waals surface area contributed by atoms with Crippen LogP contribution in [0, 0.1) is 0 Å². The Hall–Kier alpha value is -2.60. The van der Waals surface area contributed by atoms with Crippen molar-refractivity contribution >= 4 is 5.91 Å². The zero-order valence-electron chi connectivity index (χ0n) is 13.5. The maximum absolute atomic E-state index is 12.2. The molecule has 6 heteroatoms. The second kappa shape index (κ2) is 7.60. The molecule has 0 spiro atoms. The summed E-state index contributed by atoms with van der Waals surface area (Å²) in [6.45, 7) is 0.443. The van der Waals surface area contributed by atoms with Crippen LogP contribution in [0.15, 0.2) is 47.4 Å². The minimum absolute atomic E-state index is 0.0109. The first-order valence-corrected chi connectivity index (χ1v) is 7.28. The lowest BCUT2D eigenvalue weighted by molar-refractivity contribution is 0.0941. The van der Waals surface area contributed by atoms with Crippen molar-refractivity contribution in [3.8, 4) is 5.75 Å². The van der Waals surface area contributed by atoms with Crippen molar-refractivity contribution in [1.82, 2.24) is 15.2 Å². The second-order valence-electron chi connectivity index (χ2n) is 5.41. The number of H-pyrrole nitrogens is 1. The van der Waals surface area contributed by atoms with E-state index in [-0.39, 0.29) is 17.5 Å². The predicted molar refractivity (Wildman–Crippen MR) is 88.8 cm³/mol. The van der Waals surface area contributed by atoms with Crippen molar-refractivity contribution in [2.75, 3.05) is 27.7 Å². The van der Waals surface area contributed by atoms with Gasteiger partial charge in [0, 0.05) is 18.8 Å². The van der Waals surface area contributed by atoms with Crippen LogP contribution in [0.1, 0.15) is 22.0 Å². The number of hydrogen-bond donors (Lipinski definition) is 2. The highest BCUT2D eigenvalue weighted by molar-refractivity contribution is 5.93. The third kappa shape index (κ3) is 4.43. The summed E-state index contributed by atoms with van der Waals surface area (Å²) in [5.41, 5.74) is 1.24. The third-order valence-electron chi connectivity index (χ3n) is 3.60. The summed E-state index contributed by atoms with van der Waals surface area (Å²) in [6, 6.07) is 10.6. The van der Waals surface area contributed by atoms with E-state index in [2.05, 4.69) is 10.3 Å². The highest BCUT2D eigenvalue weighted by atomic mass is 16.5. The maximum Gasteiger partial charge on any atom is 0.252 e. The molecule has 2 rings (SSSR count). The normalized spacial score (nSPS) is 12.0. The molecule has 2 aromatic rings. The van der Waals surface area contributed by atoms with Gasteiger partial charge in [0.1, 0.15) is 5.75 Å². The van der Waals surface area contributed by atoms with E-state index in [1.54, 1.807) is 7.11 Å². The number of nitrogens with zero attached hydrogens (tertiary/aromatic N) is 1. The quantitative estimate of drug-likeness (QED) is 0.845. The number of methoxy groups -OCH3 is 1. The number of carbonyl (C=O) groups excluding carboxylic acids is 1. The van der Waals surface area contributed by atoms with Gasteiger partial charge in [-0.25, -0.2) is 0 Å². The van der Waals surface area contributed by atoms with Crippen molar-refractivity contribution in [3.05, 3.63) is 64.1 Å². The van der Waals surface area contributed by atoms with Gasteiger partial charge in [0.05, 0.1) is 18.7 Å². The van der Waals surface area contributed by atoms with E-state index in [4.69, 9.17) is 4.74 Å². The van der Waals surface area contributed by atoms with Crippen LogP contribution in [0.3, 0.4) is 0 Å². The molecule has 1 aromatic carbocycles. The first-order valence-electron chi connectivity index (χ1n) is 7.28. The first kappa shape index (κ1) is 16.8. The van der Waals surface area contributed by atoms with E-state index in [1.807, 2.05) is 43.3 Å². The predicted octanol–water partition coefficient (Wildman–Crippen LogP) is 1.42. The van der Waals surface area contributed by atoms with Crippen LogP contribution < -0.4 is 15.6 Å². The van der Waals surface area contributed by atoms with Crippen LogP contribution in [-0.4, -0.2) is 43.5 Å². The number of pyridine rings is 1. The Labute approximate surface area is 135 Å². The lowest BCUT2D eigenvalue weighted by atomic mass is 10.1. The number of nitrogens with one attached hydrogen (secondary N) is 2. The Morgan fingerprint density at radius 1 is 1.30 bits per heavy atom. The van der Waals surface area contributed by atoms with Crippen LogP contribution >= 0.6 is 0 Å². The maximum atomic E-state index is 12.2. The fourth-order valence-corrected chi connectivity index (χ4v) is 2.29. The van der Waals surface area contributed by atoms with E-state index < -0.39 is 0 Å². The number of benzene rings is 1. The molecule has 122 valence electrons. The Kier molecular flexibility index (Phi) is 5.54. The largest absolute Gasteiger partial charge is 0.497 e. The van der Waals surface area contributed by atoms with Gasteiger partial charge < -0.3 is 19.9 Å². The average molecular weight is 315 g/mol. The number of amides is 1. The van der Waals surface area contributed by atoms with Gasteiger partial charge in [-0.1, -0.05) is 12.1 Å². The number of rotatable bonds is 6. The molecule has 2 N–H and O–H groups in total. The van der Waals surface area contributed by atoms with Gasteiger partial charge in [0.25, 0.3) is 5.91 Å². The molecule has 1 amide bonds. The molecule has 0 aliphatic rings. The van der Waals surface area contributed by atoms with Crippen LogP contribution in [0.25, 0.3) is 0 Å². The molecule has 0 fully saturated rings. The zero-order valence-corrected chi connectivity index (χ0v) is 13.5. The van der Waals surface area contributed by atoms with Crippen molar-refractivity contribution in [2.45, 2.75) is 6.04 Å². The van der Waals surface area contributed by atoms with Gasteiger partial charge in [-0.15, -0.1) is 0 Å². The molecular weight excluding hydrogens is 294 g/mol. The third-order valence-corrected chi connectivity index (χ3v) is 3.60. The Morgan fingerprint density at radius 2 is 2.09 bits per heavy atom. The highest BCUT2D eigenvalue weighted by Crippen LogP contribution is 2.22. The zero-order chi connectivity index (χ0) is 16.8. The minimum atomic E-state index is -0.232. The molecule has 0 saturated carbocycles. The lowest BCUT2D eigenvalue weighted by Crippen LogP contribution is -2.34. The van der Waals surface area contributed by atoms with Crippen LogP contribution in [0.2, 0.25) is 0 Å². The smallest absolute Gasteiger partial charge is 0.252 e. The number of carbonyl (C=O) groups is 1. The van der Waals surface area contributed by atoms with Gasteiger partial charge in [0.2, 0.25) is 5.56 Å². The highest BCUT2D eigenvalue weighted by Gasteiger charge is 2.16. The molecule has 1 heterocycles. The first-order chi connectivity index (χ1) is 11.0. The summed E-state index contributed by atoms with van der Waals surface area (Å²) in [5, 5.41) is 2.89. The summed E-state index contributed by atoms with van der Waals surface area (Å²) in [4.78, 5) is 27.7. The molecule has 0 radical (unpaired) electrons. The summed E-state index contributed by atoms with van der Waals surface area (Å²) in [7, 11) is 5.54. The van der Waals surface area contributed by atoms with E-state index >= 15 is 0 Å². The fraction of sp³-hybridized carbons (Fsp3) is 0.294. The van der Waals surface area contributed by atoms with Gasteiger partial charge in [0.15, 0.2) is 0 Å². The number of ether oxygens (including phenoxy) is 1. The van der Waals surface area contributed by atoms with Crippen LogP contribution in [0.4, 0.5) is 0 Å². The van der Waals surface area contributed by atoms with E-state index in [0.717, 1.165) is 11.3 Å². The molecule has 1 unspecified atom stereocenters. The van der Waals surface area contributed by atoms with Gasteiger partial charge in [-0.3, -0.25) is 9.59 Å². The summed E-state index contributed by atoms with van der Waals surface area (Å²) in [5.74, 6) is 0.553. The van der Waals surface area contributed by atoms with Crippen molar-refractivity contribution < 1.29 is 9.53 Å². The Morgan fingerprint density at radius 3 is 2.70 bits per heavy atom. The van der Waals surface area contributed by atoms with E-state index in [0.29, 0.717) is 12.1 Å². The summed E-state index contributed by atoms with van der Waals surface area (Å²) in [6.07, 6.45) is 1.41. The van der Waals surface area contributed by atoms with E-state index in [1.165, 1.54) is 18.3 Å². The van der Waals surface area contributed by atoms with Crippen molar-refractivity contribution in [1.29, 1.82) is 0 Å². The molecule has 1 aromatic heterocycles. The van der Waals surface area contributed by atoms with E-state index in [9.17, 15) is 9.59 Å². The molecule has 0 bridgehead atoms. The monoisotopic (exact) mass is 315 g/mol. The Balaban J connectivity index is 2.09. The summed E-state index contributed by atoms with van der Waals surface area (Å²) < 4.78 is 5.25. The molecule has 0 aliphatic heterocycles. The van der Waals surface area contributed by atoms with Crippen molar-refractivity contribution in [2.24, 2.45) is 0 Å². The SMILES string of the molecule is COc1cccc(C(CNC(=O)c2ccc(=O)[nH]c2)N(C)C)c1. The molecule has 1 atom stereocenters. The van der Waals surface area contributed by atoms with Crippen LogP contribution in [-0.2, 0) is 0 Å². The Bertz CT molecular complexity index is 705. The van der Waals surface area contributed by atoms with Crippen molar-refractivity contribution in [3.63, 3.8) is 0 Å². The van der Waals surface area contributed by atoms with Gasteiger partial charge in [-0.05, 0) is 37.9 Å². The number of hydrogen-bond acceptors (Lipinski definition) is 4. The topological polar surface area (TPSA) is 74.4 Å². The lowest BCUT2D eigenvalue weighted by Gasteiger charge is -2.25. The number of likely N-dealkylation sites (N-methyl/N-ethyl adjacent to an activating group) is 1. The second-order valence-corrected chi connectivity index (χ2v) is 5.41. The number of aromatic amines is 1. The molecule has 0 aliphatic carbocycles. The van der Waals surface area contributed by atoms with Gasteiger partial charge >= 0.3 is 0 Å². The average Bonchev–Trinajstić information content (AvgIpc) is 2.55. The molecule has 23 heavy (non-hydrogen) atoms. The summed E-state index contributed by atoms with van der Waals surface area (Å²) >= 11 is 0.